The van der Waals surface area contributed by atoms with Crippen LogP contribution in [0.25, 0.3) is 0 Å². The van der Waals surface area contributed by atoms with E-state index in [9.17, 15) is 12.8 Å². The standard InChI is InChI=1S/C14H12Br2FNO2S/c1-2-18(13-6-4-3-5-12(13)17)21(19,20)14-8-7-10(15)9-11(14)16/h3-9H,2H2,1H3. The SMILES string of the molecule is CCN(c1ccccc1F)S(=O)(=O)c1ccc(Br)cc1Br. The first kappa shape index (κ1) is 16.5. The Morgan fingerprint density at radius 3 is 2.38 bits per heavy atom. The van der Waals surface area contributed by atoms with Gasteiger partial charge in [0.2, 0.25) is 0 Å². The summed E-state index contributed by atoms with van der Waals surface area (Å²) in [6.07, 6.45) is 0. The highest BCUT2D eigenvalue weighted by Gasteiger charge is 2.27. The summed E-state index contributed by atoms with van der Waals surface area (Å²) < 4.78 is 41.7. The molecule has 0 aliphatic heterocycles. The molecule has 0 aromatic heterocycles. The van der Waals surface area contributed by atoms with Crippen LogP contribution in [0.15, 0.2) is 56.3 Å². The molecule has 0 bridgehead atoms. The molecular formula is C14H12Br2FNO2S. The minimum Gasteiger partial charge on any atom is -0.264 e. The van der Waals surface area contributed by atoms with Gasteiger partial charge in [0.15, 0.2) is 0 Å². The third kappa shape index (κ3) is 3.30. The lowest BCUT2D eigenvalue weighted by Crippen LogP contribution is -2.31. The van der Waals surface area contributed by atoms with Gasteiger partial charge in [-0.05, 0) is 53.2 Å². The summed E-state index contributed by atoms with van der Waals surface area (Å²) in [4.78, 5) is 0.0933. The van der Waals surface area contributed by atoms with Crippen LogP contribution in [0.4, 0.5) is 10.1 Å². The minimum absolute atomic E-state index is 0.0369. The molecule has 21 heavy (non-hydrogen) atoms. The van der Waals surface area contributed by atoms with E-state index in [4.69, 9.17) is 0 Å². The Bertz CT molecular complexity index is 765. The highest BCUT2D eigenvalue weighted by atomic mass is 79.9. The van der Waals surface area contributed by atoms with Crippen LogP contribution in [0.5, 0.6) is 0 Å². The summed E-state index contributed by atoms with van der Waals surface area (Å²) in [6, 6.07) is 10.6. The van der Waals surface area contributed by atoms with Crippen molar-refractivity contribution in [2.45, 2.75) is 11.8 Å². The van der Waals surface area contributed by atoms with E-state index in [2.05, 4.69) is 31.9 Å². The monoisotopic (exact) mass is 435 g/mol. The van der Waals surface area contributed by atoms with Gasteiger partial charge < -0.3 is 0 Å². The second-order valence-electron chi connectivity index (χ2n) is 4.20. The molecule has 0 aliphatic rings. The summed E-state index contributed by atoms with van der Waals surface area (Å²) in [7, 11) is -3.85. The minimum atomic E-state index is -3.85. The number of hydrogen-bond donors (Lipinski definition) is 0. The summed E-state index contributed by atoms with van der Waals surface area (Å²) in [5, 5.41) is 0. The quantitative estimate of drug-likeness (QED) is 0.704. The Balaban J connectivity index is 2.58. The van der Waals surface area contributed by atoms with E-state index in [-0.39, 0.29) is 17.1 Å². The van der Waals surface area contributed by atoms with Gasteiger partial charge in [-0.25, -0.2) is 12.8 Å². The van der Waals surface area contributed by atoms with Crippen molar-refractivity contribution in [1.29, 1.82) is 0 Å². The Morgan fingerprint density at radius 2 is 1.81 bits per heavy atom. The summed E-state index contributed by atoms with van der Waals surface area (Å²) >= 11 is 6.52. The van der Waals surface area contributed by atoms with Gasteiger partial charge in [0.1, 0.15) is 10.7 Å². The molecule has 0 fully saturated rings. The van der Waals surface area contributed by atoms with E-state index < -0.39 is 15.8 Å². The van der Waals surface area contributed by atoms with Crippen LogP contribution in [0.2, 0.25) is 0 Å². The van der Waals surface area contributed by atoms with Gasteiger partial charge in [0.05, 0.1) is 5.69 Å². The first-order chi connectivity index (χ1) is 9.87. The molecule has 0 radical (unpaired) electrons. The predicted molar refractivity (Wildman–Crippen MR) is 88.4 cm³/mol. The molecule has 0 saturated carbocycles. The second-order valence-corrected chi connectivity index (χ2v) is 7.80. The molecule has 2 aromatic carbocycles. The normalized spacial score (nSPS) is 11.4. The van der Waals surface area contributed by atoms with Crippen molar-refractivity contribution in [3.8, 4) is 0 Å². The smallest absolute Gasteiger partial charge is 0.264 e. The molecule has 3 nitrogen and oxygen atoms in total. The van der Waals surface area contributed by atoms with E-state index in [0.29, 0.717) is 4.47 Å². The number of sulfonamides is 1. The molecule has 0 unspecified atom stereocenters. The molecule has 0 saturated heterocycles. The van der Waals surface area contributed by atoms with E-state index >= 15 is 0 Å². The van der Waals surface area contributed by atoms with E-state index in [1.807, 2.05) is 0 Å². The van der Waals surface area contributed by atoms with Crippen LogP contribution in [0.3, 0.4) is 0 Å². The van der Waals surface area contributed by atoms with Gasteiger partial charge in [-0.15, -0.1) is 0 Å². The average Bonchev–Trinajstić information content (AvgIpc) is 2.41. The Hall–Kier alpha value is -0.920. The fourth-order valence-electron chi connectivity index (χ4n) is 1.93. The van der Waals surface area contributed by atoms with Gasteiger partial charge in [0, 0.05) is 15.5 Å². The lowest BCUT2D eigenvalue weighted by molar-refractivity contribution is 0.586. The highest BCUT2D eigenvalue weighted by molar-refractivity contribution is 9.11. The Labute approximate surface area is 140 Å². The highest BCUT2D eigenvalue weighted by Crippen LogP contribution is 2.31. The maximum absolute atomic E-state index is 13.9. The fraction of sp³-hybridized carbons (Fsp3) is 0.143. The first-order valence-corrected chi connectivity index (χ1v) is 9.13. The Kier molecular flexibility index (Phi) is 5.06. The van der Waals surface area contributed by atoms with E-state index in [1.54, 1.807) is 25.1 Å². The summed E-state index contributed by atoms with van der Waals surface area (Å²) in [5.74, 6) is -0.573. The number of halogens is 3. The second kappa shape index (κ2) is 6.46. The molecule has 0 heterocycles. The van der Waals surface area contributed by atoms with Gasteiger partial charge in [-0.3, -0.25) is 4.31 Å². The van der Waals surface area contributed by atoms with Crippen LogP contribution >= 0.6 is 31.9 Å². The third-order valence-electron chi connectivity index (χ3n) is 2.87. The molecule has 0 spiro atoms. The lowest BCUT2D eigenvalue weighted by Gasteiger charge is -2.24. The van der Waals surface area contributed by atoms with Crippen molar-refractivity contribution in [3.05, 3.63) is 57.2 Å². The van der Waals surface area contributed by atoms with Crippen molar-refractivity contribution in [2.24, 2.45) is 0 Å². The molecule has 0 amide bonds. The van der Waals surface area contributed by atoms with Crippen molar-refractivity contribution in [2.75, 3.05) is 10.8 Å². The lowest BCUT2D eigenvalue weighted by atomic mass is 10.3. The Morgan fingerprint density at radius 1 is 1.14 bits per heavy atom. The molecular weight excluding hydrogens is 425 g/mol. The van der Waals surface area contributed by atoms with Crippen LogP contribution in [0.1, 0.15) is 6.92 Å². The average molecular weight is 437 g/mol. The van der Waals surface area contributed by atoms with Crippen molar-refractivity contribution in [3.63, 3.8) is 0 Å². The van der Waals surface area contributed by atoms with Gasteiger partial charge in [-0.2, -0.15) is 0 Å². The molecule has 112 valence electrons. The van der Waals surface area contributed by atoms with Crippen LogP contribution in [-0.4, -0.2) is 15.0 Å². The first-order valence-electron chi connectivity index (χ1n) is 6.10. The number of hydrogen-bond acceptors (Lipinski definition) is 2. The van der Waals surface area contributed by atoms with Gasteiger partial charge >= 0.3 is 0 Å². The van der Waals surface area contributed by atoms with Crippen LogP contribution in [0, 0.1) is 5.82 Å². The number of rotatable bonds is 4. The van der Waals surface area contributed by atoms with Crippen LogP contribution < -0.4 is 4.31 Å². The summed E-state index contributed by atoms with van der Waals surface area (Å²) in [6.45, 7) is 1.79. The maximum atomic E-state index is 13.9. The van der Waals surface area contributed by atoms with E-state index in [0.717, 1.165) is 8.78 Å². The number of anilines is 1. The molecule has 0 atom stereocenters. The zero-order valence-corrected chi connectivity index (χ0v) is 15.0. The number of para-hydroxylation sites is 1. The molecule has 2 aromatic rings. The fourth-order valence-corrected chi connectivity index (χ4v) is 5.12. The topological polar surface area (TPSA) is 37.4 Å². The molecule has 0 aliphatic carbocycles. The molecule has 0 N–H and O–H groups in total. The number of benzene rings is 2. The third-order valence-corrected chi connectivity index (χ3v) is 6.23. The van der Waals surface area contributed by atoms with Crippen LogP contribution in [-0.2, 0) is 10.0 Å². The predicted octanol–water partition coefficient (Wildman–Crippen LogP) is 4.57. The van der Waals surface area contributed by atoms with Gasteiger partial charge in [-0.1, -0.05) is 28.1 Å². The molecule has 7 heteroatoms. The van der Waals surface area contributed by atoms with Crippen molar-refractivity contribution in [1.82, 2.24) is 0 Å². The maximum Gasteiger partial charge on any atom is 0.265 e. The van der Waals surface area contributed by atoms with Gasteiger partial charge in [0.25, 0.3) is 10.0 Å². The zero-order valence-electron chi connectivity index (χ0n) is 11.1. The number of nitrogens with zero attached hydrogens (tertiary/aromatic N) is 1. The van der Waals surface area contributed by atoms with Crippen molar-refractivity contribution < 1.29 is 12.8 Å². The van der Waals surface area contributed by atoms with E-state index in [1.165, 1.54) is 24.3 Å². The van der Waals surface area contributed by atoms with Crippen molar-refractivity contribution >= 4 is 47.6 Å². The largest absolute Gasteiger partial charge is 0.265 e. The molecule has 2 rings (SSSR count). The summed E-state index contributed by atoms with van der Waals surface area (Å²) in [5.41, 5.74) is 0.0369. The zero-order chi connectivity index (χ0) is 15.6.